The van der Waals surface area contributed by atoms with Crippen LogP contribution < -0.4 is 20.1 Å². The molecule has 2 aliphatic rings. The van der Waals surface area contributed by atoms with Gasteiger partial charge in [-0.25, -0.2) is 9.97 Å². The molecule has 1 aliphatic heterocycles. The number of nitrogen functional groups attached to an aromatic ring is 1. The second kappa shape index (κ2) is 7.39. The molecule has 0 spiro atoms. The van der Waals surface area contributed by atoms with Crippen molar-refractivity contribution in [3.05, 3.63) is 42.2 Å². The number of nitrogens with zero attached hydrogens (tertiary/aromatic N) is 4. The van der Waals surface area contributed by atoms with Crippen molar-refractivity contribution in [1.82, 2.24) is 15.0 Å². The van der Waals surface area contributed by atoms with Gasteiger partial charge in [-0.05, 0) is 43.2 Å². The maximum Gasteiger partial charge on any atom is 0.172 e. The molecule has 7 nitrogen and oxygen atoms in total. The largest absolute Gasteiger partial charge is 0.497 e. The van der Waals surface area contributed by atoms with Gasteiger partial charge in [0.1, 0.15) is 23.1 Å². The number of pyridine rings is 1. The van der Waals surface area contributed by atoms with Gasteiger partial charge in [0.2, 0.25) is 0 Å². The van der Waals surface area contributed by atoms with Crippen LogP contribution in [0.5, 0.6) is 11.5 Å². The lowest BCUT2D eigenvalue weighted by Gasteiger charge is -2.33. The molecule has 3 aromatic rings. The second-order valence-corrected chi connectivity index (χ2v) is 7.75. The first-order valence-electron chi connectivity index (χ1n) is 10.2. The fourth-order valence-corrected chi connectivity index (χ4v) is 3.93. The van der Waals surface area contributed by atoms with Gasteiger partial charge in [0.15, 0.2) is 11.6 Å². The van der Waals surface area contributed by atoms with Crippen LogP contribution in [0.4, 0.5) is 11.6 Å². The van der Waals surface area contributed by atoms with Crippen molar-refractivity contribution in [2.45, 2.75) is 37.7 Å². The number of hydrogen-bond donors (Lipinski definition) is 1. The predicted octanol–water partition coefficient (Wildman–Crippen LogP) is 3.54. The van der Waals surface area contributed by atoms with Crippen molar-refractivity contribution >= 4 is 22.7 Å². The normalized spacial score (nSPS) is 17.5. The molecule has 0 amide bonds. The van der Waals surface area contributed by atoms with Gasteiger partial charge < -0.3 is 20.1 Å². The number of methoxy groups -OCH3 is 1. The van der Waals surface area contributed by atoms with E-state index in [1.165, 1.54) is 12.8 Å². The number of hydrogen-bond acceptors (Lipinski definition) is 7. The van der Waals surface area contributed by atoms with Crippen molar-refractivity contribution in [3.63, 3.8) is 0 Å². The standard InChI is InChI=1S/C22H25N5O2/c1-28-15-4-6-16(7-5-15)29-17-9-12-27(13-10-17)22-21(23)25-18-8-11-24-19(14-2-3-14)20(18)26-22/h4-8,11,14,17H,2-3,9-10,12-13H2,1H3,(H2,23,25). The third kappa shape index (κ3) is 3.64. The fraction of sp³-hybridized carbons (Fsp3) is 0.409. The molecule has 1 saturated heterocycles. The average molecular weight is 391 g/mol. The zero-order valence-electron chi connectivity index (χ0n) is 16.5. The number of piperidine rings is 1. The van der Waals surface area contributed by atoms with Gasteiger partial charge >= 0.3 is 0 Å². The summed E-state index contributed by atoms with van der Waals surface area (Å²) in [5, 5.41) is 0. The van der Waals surface area contributed by atoms with E-state index >= 15 is 0 Å². The minimum atomic E-state index is 0.179. The van der Waals surface area contributed by atoms with Crippen LogP contribution in [0.15, 0.2) is 36.5 Å². The lowest BCUT2D eigenvalue weighted by molar-refractivity contribution is 0.170. The Kier molecular flexibility index (Phi) is 4.58. The summed E-state index contributed by atoms with van der Waals surface area (Å²) in [5.41, 5.74) is 9.06. The van der Waals surface area contributed by atoms with Crippen LogP contribution >= 0.6 is 0 Å². The van der Waals surface area contributed by atoms with Gasteiger partial charge in [0, 0.05) is 38.0 Å². The maximum atomic E-state index is 6.27. The molecule has 2 fully saturated rings. The van der Waals surface area contributed by atoms with E-state index in [2.05, 4.69) is 14.9 Å². The first-order chi connectivity index (χ1) is 14.2. The molecule has 0 radical (unpaired) electrons. The lowest BCUT2D eigenvalue weighted by atomic mass is 10.1. The Bertz CT molecular complexity index is 1010. The van der Waals surface area contributed by atoms with Crippen molar-refractivity contribution in [2.24, 2.45) is 0 Å². The molecule has 1 aliphatic carbocycles. The molecule has 7 heteroatoms. The molecule has 29 heavy (non-hydrogen) atoms. The van der Waals surface area contributed by atoms with E-state index in [9.17, 15) is 0 Å². The van der Waals surface area contributed by atoms with E-state index in [1.807, 2.05) is 36.5 Å². The number of fused-ring (bicyclic) bond motifs is 1. The Labute approximate surface area is 169 Å². The fourth-order valence-electron chi connectivity index (χ4n) is 3.93. The minimum absolute atomic E-state index is 0.179. The zero-order chi connectivity index (χ0) is 19.8. The summed E-state index contributed by atoms with van der Waals surface area (Å²) < 4.78 is 11.3. The van der Waals surface area contributed by atoms with E-state index in [1.54, 1.807) is 7.11 Å². The minimum Gasteiger partial charge on any atom is -0.497 e. The van der Waals surface area contributed by atoms with Crippen molar-refractivity contribution in [3.8, 4) is 11.5 Å². The van der Waals surface area contributed by atoms with Gasteiger partial charge in [0.25, 0.3) is 0 Å². The van der Waals surface area contributed by atoms with Crippen LogP contribution in [0, 0.1) is 0 Å². The predicted molar refractivity (Wildman–Crippen MR) is 113 cm³/mol. The summed E-state index contributed by atoms with van der Waals surface area (Å²) in [6, 6.07) is 9.63. The Hall–Kier alpha value is -3.09. The maximum absolute atomic E-state index is 6.27. The van der Waals surface area contributed by atoms with Gasteiger partial charge in [-0.1, -0.05) is 0 Å². The molecule has 0 atom stereocenters. The highest BCUT2D eigenvalue weighted by Crippen LogP contribution is 2.41. The molecule has 0 unspecified atom stereocenters. The Morgan fingerprint density at radius 3 is 2.38 bits per heavy atom. The molecule has 3 heterocycles. The smallest absolute Gasteiger partial charge is 0.172 e. The average Bonchev–Trinajstić information content (AvgIpc) is 3.59. The number of aromatic nitrogens is 3. The highest BCUT2D eigenvalue weighted by molar-refractivity contribution is 5.82. The number of rotatable bonds is 5. The Morgan fingerprint density at radius 2 is 1.69 bits per heavy atom. The van der Waals surface area contributed by atoms with E-state index in [-0.39, 0.29) is 6.10 Å². The number of anilines is 2. The van der Waals surface area contributed by atoms with Crippen molar-refractivity contribution in [1.29, 1.82) is 0 Å². The van der Waals surface area contributed by atoms with Gasteiger partial charge in [-0.2, -0.15) is 0 Å². The third-order valence-corrected chi connectivity index (χ3v) is 5.69. The van der Waals surface area contributed by atoms with Crippen LogP contribution in [0.1, 0.15) is 37.3 Å². The lowest BCUT2D eigenvalue weighted by Crippen LogP contribution is -2.39. The van der Waals surface area contributed by atoms with Crippen LogP contribution in [0.25, 0.3) is 11.0 Å². The van der Waals surface area contributed by atoms with Crippen LogP contribution in [0.3, 0.4) is 0 Å². The third-order valence-electron chi connectivity index (χ3n) is 5.69. The topological polar surface area (TPSA) is 86.4 Å². The SMILES string of the molecule is COc1ccc(OC2CCN(c3nc4c(C5CC5)nccc4nc3N)CC2)cc1. The summed E-state index contributed by atoms with van der Waals surface area (Å²) in [4.78, 5) is 16.3. The monoisotopic (exact) mass is 391 g/mol. The summed E-state index contributed by atoms with van der Waals surface area (Å²) in [5.74, 6) is 3.48. The van der Waals surface area contributed by atoms with Gasteiger partial charge in [-0.15, -0.1) is 0 Å². The van der Waals surface area contributed by atoms with Crippen molar-refractivity contribution < 1.29 is 9.47 Å². The van der Waals surface area contributed by atoms with E-state index in [4.69, 9.17) is 20.2 Å². The second-order valence-electron chi connectivity index (χ2n) is 7.75. The molecule has 1 saturated carbocycles. The molecule has 0 bridgehead atoms. The zero-order valence-corrected chi connectivity index (χ0v) is 16.5. The summed E-state index contributed by atoms with van der Waals surface area (Å²) >= 11 is 0. The molecular formula is C22H25N5O2. The van der Waals surface area contributed by atoms with Crippen molar-refractivity contribution in [2.75, 3.05) is 30.8 Å². The summed E-state index contributed by atoms with van der Waals surface area (Å²) in [6.07, 6.45) is 6.18. The first kappa shape index (κ1) is 18.0. The molecule has 150 valence electrons. The first-order valence-corrected chi connectivity index (χ1v) is 10.2. The van der Waals surface area contributed by atoms with Gasteiger partial charge in [-0.3, -0.25) is 4.98 Å². The quantitative estimate of drug-likeness (QED) is 0.712. The van der Waals surface area contributed by atoms with Crippen LogP contribution in [0.2, 0.25) is 0 Å². The number of ether oxygens (including phenoxy) is 2. The number of benzene rings is 1. The van der Waals surface area contributed by atoms with Crippen LogP contribution in [-0.4, -0.2) is 41.3 Å². The molecule has 2 aromatic heterocycles. The van der Waals surface area contributed by atoms with E-state index in [0.29, 0.717) is 11.7 Å². The highest BCUT2D eigenvalue weighted by Gasteiger charge is 2.29. The molecule has 1 aromatic carbocycles. The molecule has 2 N–H and O–H groups in total. The molecular weight excluding hydrogens is 366 g/mol. The Balaban J connectivity index is 1.30. The summed E-state index contributed by atoms with van der Waals surface area (Å²) in [7, 11) is 1.66. The van der Waals surface area contributed by atoms with Gasteiger partial charge in [0.05, 0.1) is 18.3 Å². The van der Waals surface area contributed by atoms with Crippen LogP contribution in [-0.2, 0) is 0 Å². The Morgan fingerprint density at radius 1 is 0.966 bits per heavy atom. The van der Waals surface area contributed by atoms with E-state index < -0.39 is 0 Å². The summed E-state index contributed by atoms with van der Waals surface area (Å²) in [6.45, 7) is 1.68. The highest BCUT2D eigenvalue weighted by atomic mass is 16.5. The van der Waals surface area contributed by atoms with E-state index in [0.717, 1.165) is 60.0 Å². The molecule has 5 rings (SSSR count). The number of nitrogens with two attached hydrogens (primary N) is 1.